The molecule has 2 aromatic carbocycles. The zero-order valence-corrected chi connectivity index (χ0v) is 15.7. The van der Waals surface area contributed by atoms with Gasteiger partial charge in [-0.2, -0.15) is 0 Å². The molecule has 0 aliphatic rings. The Balaban J connectivity index is 2.41. The fourth-order valence-electron chi connectivity index (χ4n) is 2.41. The van der Waals surface area contributed by atoms with Crippen LogP contribution in [0.15, 0.2) is 30.3 Å². The van der Waals surface area contributed by atoms with Crippen LogP contribution in [0.3, 0.4) is 0 Å². The Kier molecular flexibility index (Phi) is 6.45. The molecule has 0 heterocycles. The second-order valence-corrected chi connectivity index (χ2v) is 6.70. The molecule has 26 heavy (non-hydrogen) atoms. The van der Waals surface area contributed by atoms with Crippen molar-refractivity contribution in [2.75, 3.05) is 28.4 Å². The van der Waals surface area contributed by atoms with Gasteiger partial charge >= 0.3 is 0 Å². The van der Waals surface area contributed by atoms with Gasteiger partial charge in [0.05, 0.1) is 28.4 Å². The van der Waals surface area contributed by atoms with E-state index in [1.54, 1.807) is 30.4 Å². The molecule has 0 aliphatic carbocycles. The highest BCUT2D eigenvalue weighted by Gasteiger charge is 2.13. The van der Waals surface area contributed by atoms with E-state index in [-0.39, 0.29) is 11.1 Å². The third-order valence-electron chi connectivity index (χ3n) is 3.65. The molecule has 8 heteroatoms. The highest BCUT2D eigenvalue weighted by Crippen LogP contribution is 2.38. The van der Waals surface area contributed by atoms with E-state index in [9.17, 15) is 14.7 Å². The SMILES string of the molecule is COc1ccc(/C=C\c2cc(OC)c(OC)c(OC)c2)cc1[P+]([O-])([O-])[O-]. The summed E-state index contributed by atoms with van der Waals surface area (Å²) < 4.78 is 20.8. The van der Waals surface area contributed by atoms with Crippen LogP contribution in [0.4, 0.5) is 0 Å². The number of hydrogen-bond acceptors (Lipinski definition) is 7. The monoisotopic (exact) mass is 378 g/mol. The van der Waals surface area contributed by atoms with E-state index in [1.165, 1.54) is 40.6 Å². The lowest BCUT2D eigenvalue weighted by Gasteiger charge is -2.42. The third kappa shape index (κ3) is 4.45. The van der Waals surface area contributed by atoms with Gasteiger partial charge in [-0.15, -0.1) is 7.94 Å². The van der Waals surface area contributed by atoms with Crippen LogP contribution in [0.2, 0.25) is 0 Å². The summed E-state index contributed by atoms with van der Waals surface area (Å²) >= 11 is 0. The molecule has 0 radical (unpaired) electrons. The second kappa shape index (κ2) is 8.38. The number of hydrogen-bond donors (Lipinski definition) is 0. The highest BCUT2D eigenvalue weighted by molar-refractivity contribution is 7.62. The molecule has 0 saturated carbocycles. The van der Waals surface area contributed by atoms with Crippen LogP contribution in [-0.4, -0.2) is 28.4 Å². The van der Waals surface area contributed by atoms with Crippen molar-refractivity contribution in [1.29, 1.82) is 0 Å². The molecule has 0 spiro atoms. The lowest BCUT2D eigenvalue weighted by molar-refractivity contribution is -0.421. The highest BCUT2D eigenvalue weighted by atomic mass is 31.2. The van der Waals surface area contributed by atoms with E-state index in [4.69, 9.17) is 18.9 Å². The first kappa shape index (κ1) is 20.0. The van der Waals surface area contributed by atoms with Crippen molar-refractivity contribution in [2.45, 2.75) is 0 Å². The molecular weight excluding hydrogens is 359 g/mol. The smallest absolute Gasteiger partial charge is 0.203 e. The first-order chi connectivity index (χ1) is 12.3. The summed E-state index contributed by atoms with van der Waals surface area (Å²) in [6.45, 7) is 0. The molecule has 7 nitrogen and oxygen atoms in total. The molecule has 0 aromatic heterocycles. The number of rotatable bonds is 7. The largest absolute Gasteiger partial charge is 0.683 e. The van der Waals surface area contributed by atoms with E-state index in [0.29, 0.717) is 22.8 Å². The van der Waals surface area contributed by atoms with Gasteiger partial charge in [-0.1, -0.05) is 18.2 Å². The van der Waals surface area contributed by atoms with Crippen LogP contribution in [0, 0.1) is 0 Å². The van der Waals surface area contributed by atoms with Crippen LogP contribution in [0.1, 0.15) is 11.1 Å². The van der Waals surface area contributed by atoms with Gasteiger partial charge in [0.15, 0.2) is 17.2 Å². The Labute approximate surface area is 152 Å². The van der Waals surface area contributed by atoms with Gasteiger partial charge in [-0.25, -0.2) is 0 Å². The van der Waals surface area contributed by atoms with Gasteiger partial charge in [0.1, 0.15) is 5.30 Å². The molecule has 0 saturated heterocycles. The van der Waals surface area contributed by atoms with E-state index in [2.05, 4.69) is 0 Å². The number of benzene rings is 2. The van der Waals surface area contributed by atoms with Crippen molar-refractivity contribution in [3.8, 4) is 23.0 Å². The lowest BCUT2D eigenvalue weighted by Crippen LogP contribution is -2.41. The van der Waals surface area contributed by atoms with Crippen molar-refractivity contribution in [3.63, 3.8) is 0 Å². The standard InChI is InChI=1S/C18H21O7P/c1-22-14-8-7-12(11-17(14)26(19,20)21)5-6-13-9-15(23-2)18(25-4)16(10-13)24-3/h5-11H,1-4H3,(H2,19,20,21)/p-2/b6-5-. The van der Waals surface area contributed by atoms with E-state index >= 15 is 0 Å². The predicted molar refractivity (Wildman–Crippen MR) is 94.6 cm³/mol. The Morgan fingerprint density at radius 2 is 1.23 bits per heavy atom. The first-order valence-electron chi connectivity index (χ1n) is 7.52. The summed E-state index contributed by atoms with van der Waals surface area (Å²) in [5.74, 6) is 1.47. The van der Waals surface area contributed by atoms with Gasteiger partial charge in [-0.3, -0.25) is 0 Å². The maximum absolute atomic E-state index is 11.4. The topological polar surface area (TPSA) is 106 Å². The fraction of sp³-hybridized carbons (Fsp3) is 0.222. The molecule has 0 atom stereocenters. The van der Waals surface area contributed by atoms with Gasteiger partial charge < -0.3 is 33.6 Å². The van der Waals surface area contributed by atoms with Gasteiger partial charge in [-0.05, 0) is 35.4 Å². The summed E-state index contributed by atoms with van der Waals surface area (Å²) in [4.78, 5) is 34.2. The molecule has 0 aliphatic heterocycles. The Bertz CT molecular complexity index is 772. The molecule has 0 N–H and O–H groups in total. The molecule has 0 fully saturated rings. The number of ether oxygens (including phenoxy) is 4. The van der Waals surface area contributed by atoms with Gasteiger partial charge in [0.25, 0.3) is 0 Å². The quantitative estimate of drug-likeness (QED) is 0.506. The predicted octanol–water partition coefficient (Wildman–Crippen LogP) is 0.360. The van der Waals surface area contributed by atoms with Crippen molar-refractivity contribution in [2.24, 2.45) is 0 Å². The Morgan fingerprint density at radius 1 is 0.692 bits per heavy atom. The average Bonchev–Trinajstić information content (AvgIpc) is 2.64. The van der Waals surface area contributed by atoms with E-state index in [1.807, 2.05) is 0 Å². The van der Waals surface area contributed by atoms with Crippen LogP contribution >= 0.6 is 7.94 Å². The Morgan fingerprint density at radius 3 is 1.69 bits per heavy atom. The molecule has 140 valence electrons. The zero-order valence-electron chi connectivity index (χ0n) is 14.8. The maximum atomic E-state index is 11.4. The van der Waals surface area contributed by atoms with Crippen molar-refractivity contribution < 1.29 is 33.6 Å². The normalized spacial score (nSPS) is 11.5. The first-order valence-corrected chi connectivity index (χ1v) is 9.07. The summed E-state index contributed by atoms with van der Waals surface area (Å²) in [7, 11) is 0.901. The van der Waals surface area contributed by atoms with Gasteiger partial charge in [0.2, 0.25) is 5.75 Å². The minimum Gasteiger partial charge on any atom is -0.683 e. The molecule has 2 rings (SSSR count). The molecule has 0 bridgehead atoms. The maximum Gasteiger partial charge on any atom is 0.203 e. The molecule has 0 unspecified atom stereocenters. The van der Waals surface area contributed by atoms with E-state index in [0.717, 1.165) is 5.56 Å². The lowest BCUT2D eigenvalue weighted by atomic mass is 10.1. The summed E-state index contributed by atoms with van der Waals surface area (Å²) in [6.07, 6.45) is 3.40. The second-order valence-electron chi connectivity index (χ2n) is 5.22. The van der Waals surface area contributed by atoms with Crippen LogP contribution in [0.5, 0.6) is 23.0 Å². The number of methoxy groups -OCH3 is 4. The van der Waals surface area contributed by atoms with Crippen LogP contribution in [-0.2, 0) is 0 Å². The van der Waals surface area contributed by atoms with Gasteiger partial charge in [0, 0.05) is 0 Å². The average molecular weight is 378 g/mol. The minimum absolute atomic E-state index is 0.0169. The van der Waals surface area contributed by atoms with Crippen molar-refractivity contribution in [1.82, 2.24) is 0 Å². The summed E-state index contributed by atoms with van der Waals surface area (Å²) in [5.41, 5.74) is 1.27. The van der Waals surface area contributed by atoms with Crippen LogP contribution < -0.4 is 38.9 Å². The fourth-order valence-corrected chi connectivity index (χ4v) is 3.16. The van der Waals surface area contributed by atoms with Crippen molar-refractivity contribution >= 4 is 25.4 Å². The minimum atomic E-state index is -4.95. The van der Waals surface area contributed by atoms with Crippen molar-refractivity contribution in [3.05, 3.63) is 41.5 Å². The summed E-state index contributed by atoms with van der Waals surface area (Å²) in [5, 5.41) is -0.382. The molecule has 2 aromatic rings. The third-order valence-corrected chi connectivity index (χ3v) is 4.59. The summed E-state index contributed by atoms with van der Waals surface area (Å²) in [6, 6.07) is 7.84. The van der Waals surface area contributed by atoms with E-state index < -0.39 is 7.94 Å². The zero-order chi connectivity index (χ0) is 19.3. The van der Waals surface area contributed by atoms with Crippen LogP contribution in [0.25, 0.3) is 12.2 Å². The molecule has 0 amide bonds. The molecular formula is C18H19O7P-2. The Hall–Kier alpha value is -2.31.